The Hall–Kier alpha value is -1.35. The topological polar surface area (TPSA) is 135 Å². The van der Waals surface area contributed by atoms with Crippen LogP contribution in [0.15, 0.2) is 5.11 Å². The van der Waals surface area contributed by atoms with Crippen LogP contribution in [0.3, 0.4) is 0 Å². The summed E-state index contributed by atoms with van der Waals surface area (Å²) in [6.45, 7) is 2.51. The first-order chi connectivity index (χ1) is 16.7. The highest BCUT2D eigenvalue weighted by Crippen LogP contribution is 2.13. The van der Waals surface area contributed by atoms with Crippen molar-refractivity contribution in [3.8, 4) is 0 Å². The van der Waals surface area contributed by atoms with E-state index in [0.29, 0.717) is 43.5 Å². The van der Waals surface area contributed by atoms with Crippen LogP contribution in [0.4, 0.5) is 0 Å². The molecule has 35 heavy (non-hydrogen) atoms. The molecule has 0 aromatic rings. The molecule has 0 unspecified atom stereocenters. The average molecular weight is 518 g/mol. The largest absolute Gasteiger partial charge is 0.748 e. The summed E-state index contributed by atoms with van der Waals surface area (Å²) in [7, 11) is -0.198. The predicted octanol–water partition coefficient (Wildman–Crippen LogP) is 5.67. The number of carbonyl (C=O) groups excluding carboxylic acids is 1. The number of unbranched alkanes of at least 4 members (excludes halogenated alkanes) is 14. The fourth-order valence-electron chi connectivity index (χ4n) is 4.18. The molecule has 0 aliphatic heterocycles. The molecule has 0 aromatic carbocycles. The lowest BCUT2D eigenvalue weighted by Crippen LogP contribution is -2.46. The van der Waals surface area contributed by atoms with Crippen molar-refractivity contribution in [2.45, 2.75) is 109 Å². The Kier molecular flexibility index (Phi) is 21.0. The minimum atomic E-state index is -4.15. The molecule has 0 radical (unpaired) electrons. The lowest BCUT2D eigenvalue weighted by Gasteiger charge is -2.30. The van der Waals surface area contributed by atoms with Crippen LogP contribution in [-0.4, -0.2) is 69.4 Å². The first-order valence-electron chi connectivity index (χ1n) is 13.7. The Morgan fingerprint density at radius 2 is 1.26 bits per heavy atom. The molecule has 0 rings (SSSR count). The highest BCUT2D eigenvalue weighted by atomic mass is 32.2. The minimum absolute atomic E-state index is 0.0836. The van der Waals surface area contributed by atoms with E-state index < -0.39 is 10.1 Å². The molecule has 0 saturated carbocycles. The molecule has 10 heteroatoms. The number of hydrogen-bond donors (Lipinski definition) is 1. The van der Waals surface area contributed by atoms with E-state index in [-0.39, 0.29) is 11.7 Å². The number of carbonyl (C=O) groups is 1. The van der Waals surface area contributed by atoms with Crippen LogP contribution >= 0.6 is 0 Å². The summed E-state index contributed by atoms with van der Waals surface area (Å²) >= 11 is 0. The number of quaternary nitrogens is 1. The van der Waals surface area contributed by atoms with E-state index in [1.807, 2.05) is 14.1 Å². The summed E-state index contributed by atoms with van der Waals surface area (Å²) < 4.78 is 32.7. The van der Waals surface area contributed by atoms with Crippen LogP contribution in [0, 0.1) is 0 Å². The minimum Gasteiger partial charge on any atom is -0.748 e. The van der Waals surface area contributed by atoms with Crippen molar-refractivity contribution >= 4 is 16.0 Å². The lowest BCUT2D eigenvalue weighted by atomic mass is 10.0. The molecule has 9 nitrogen and oxygen atoms in total. The lowest BCUT2D eigenvalue weighted by molar-refractivity contribution is -0.889. The molecule has 1 N–H and O–H groups in total. The molecule has 0 atom stereocenters. The van der Waals surface area contributed by atoms with Crippen LogP contribution in [-0.2, 0) is 14.9 Å². The number of hydrogen-bond acceptors (Lipinski definition) is 5. The van der Waals surface area contributed by atoms with Gasteiger partial charge in [0.05, 0.1) is 43.8 Å². The van der Waals surface area contributed by atoms with E-state index in [0.717, 1.165) is 19.3 Å². The number of amides is 1. The zero-order chi connectivity index (χ0) is 26.3. The maximum absolute atomic E-state index is 12.0. The Balaban J connectivity index is 3.39. The Morgan fingerprint density at radius 3 is 1.71 bits per heavy atom. The van der Waals surface area contributed by atoms with Gasteiger partial charge in [-0.25, -0.2) is 8.42 Å². The van der Waals surface area contributed by atoms with E-state index in [4.69, 9.17) is 5.53 Å². The van der Waals surface area contributed by atoms with Crippen LogP contribution in [0.2, 0.25) is 0 Å². The third kappa shape index (κ3) is 27.1. The van der Waals surface area contributed by atoms with Gasteiger partial charge in [0.25, 0.3) is 0 Å². The smallest absolute Gasteiger partial charge is 0.220 e. The molecule has 0 aliphatic rings. The molecular formula is C25H51N5O4S. The zero-order valence-corrected chi connectivity index (χ0v) is 23.2. The van der Waals surface area contributed by atoms with Gasteiger partial charge in [-0.15, -0.1) is 0 Å². The van der Waals surface area contributed by atoms with Gasteiger partial charge in [-0.3, -0.25) is 4.79 Å². The monoisotopic (exact) mass is 517 g/mol. The van der Waals surface area contributed by atoms with Crippen molar-refractivity contribution in [2.24, 2.45) is 5.11 Å². The van der Waals surface area contributed by atoms with Gasteiger partial charge in [0.15, 0.2) is 0 Å². The maximum atomic E-state index is 12.0. The Labute approximate surface area is 214 Å². The summed E-state index contributed by atoms with van der Waals surface area (Å²) in [4.78, 5) is 14.8. The van der Waals surface area contributed by atoms with Crippen molar-refractivity contribution in [2.75, 3.05) is 46.0 Å². The average Bonchev–Trinajstić information content (AvgIpc) is 2.77. The second kappa shape index (κ2) is 21.9. The van der Waals surface area contributed by atoms with E-state index >= 15 is 0 Å². The third-order valence-corrected chi connectivity index (χ3v) is 7.21. The second-order valence-corrected chi connectivity index (χ2v) is 11.9. The van der Waals surface area contributed by atoms with Gasteiger partial charge in [-0.2, -0.15) is 0 Å². The van der Waals surface area contributed by atoms with Crippen molar-refractivity contribution < 1.29 is 22.2 Å². The van der Waals surface area contributed by atoms with Gasteiger partial charge in [0.1, 0.15) is 0 Å². The second-order valence-electron chi connectivity index (χ2n) is 10.4. The Morgan fingerprint density at radius 1 is 0.800 bits per heavy atom. The van der Waals surface area contributed by atoms with Gasteiger partial charge >= 0.3 is 0 Å². The molecule has 0 bridgehead atoms. The SMILES string of the molecule is C[N+](C)(CCCS(=O)(=O)[O-])CCNC(=O)CCCCCCCCCCCCCCCCCN=[N+]=[N-]. The van der Waals surface area contributed by atoms with Crippen LogP contribution < -0.4 is 5.32 Å². The molecule has 0 aliphatic carbocycles. The molecule has 0 fully saturated rings. The fraction of sp³-hybridized carbons (Fsp3) is 0.960. The zero-order valence-electron chi connectivity index (χ0n) is 22.4. The molecule has 0 spiro atoms. The van der Waals surface area contributed by atoms with Gasteiger partial charge in [0.2, 0.25) is 5.91 Å². The van der Waals surface area contributed by atoms with E-state index in [1.54, 1.807) is 0 Å². The fourth-order valence-corrected chi connectivity index (χ4v) is 4.66. The van der Waals surface area contributed by atoms with Gasteiger partial charge in [-0.1, -0.05) is 88.6 Å². The molecule has 0 saturated heterocycles. The molecule has 206 valence electrons. The third-order valence-electron chi connectivity index (χ3n) is 6.42. The standard InChI is InChI=1S/C25H51N5O4S/c1-30(2,22-18-24-35(32,33)34)23-21-27-25(31)19-16-14-12-10-8-6-4-3-5-7-9-11-13-15-17-20-28-29-26/h3-24H2,1-2H3,(H-,27,31,32,33,34). The molecule has 0 heterocycles. The highest BCUT2D eigenvalue weighted by molar-refractivity contribution is 7.85. The van der Waals surface area contributed by atoms with E-state index in [9.17, 15) is 17.8 Å². The summed E-state index contributed by atoms with van der Waals surface area (Å²) in [6, 6.07) is 0. The highest BCUT2D eigenvalue weighted by Gasteiger charge is 2.15. The quantitative estimate of drug-likeness (QED) is 0.0417. The van der Waals surface area contributed by atoms with Crippen molar-refractivity contribution in [1.82, 2.24) is 5.32 Å². The first-order valence-corrected chi connectivity index (χ1v) is 15.3. The number of nitrogens with zero attached hydrogens (tertiary/aromatic N) is 4. The van der Waals surface area contributed by atoms with Crippen LogP contribution in [0.1, 0.15) is 109 Å². The number of nitrogens with one attached hydrogen (secondary N) is 1. The Bertz CT molecular complexity index is 679. The summed E-state index contributed by atoms with van der Waals surface area (Å²) in [6.07, 6.45) is 19.4. The summed E-state index contributed by atoms with van der Waals surface area (Å²) in [5, 5.41) is 6.51. The van der Waals surface area contributed by atoms with Crippen LogP contribution in [0.25, 0.3) is 10.4 Å². The van der Waals surface area contributed by atoms with E-state index in [1.165, 1.54) is 77.0 Å². The van der Waals surface area contributed by atoms with Gasteiger partial charge < -0.3 is 14.4 Å². The van der Waals surface area contributed by atoms with E-state index in [2.05, 4.69) is 15.3 Å². The molecule has 1 amide bonds. The summed E-state index contributed by atoms with van der Waals surface area (Å²) in [5.41, 5.74) is 8.21. The maximum Gasteiger partial charge on any atom is 0.220 e. The van der Waals surface area contributed by atoms with Gasteiger partial charge in [-0.05, 0) is 18.4 Å². The van der Waals surface area contributed by atoms with Crippen molar-refractivity contribution in [3.63, 3.8) is 0 Å². The van der Waals surface area contributed by atoms with Crippen molar-refractivity contribution in [1.29, 1.82) is 0 Å². The molecular weight excluding hydrogens is 466 g/mol. The van der Waals surface area contributed by atoms with Gasteiger partial charge in [0, 0.05) is 30.1 Å². The van der Waals surface area contributed by atoms with Crippen LogP contribution in [0.5, 0.6) is 0 Å². The predicted molar refractivity (Wildman–Crippen MR) is 142 cm³/mol. The first kappa shape index (κ1) is 33.7. The number of likely N-dealkylation sites (N-methyl/N-ethyl adjacent to an activating group) is 1. The van der Waals surface area contributed by atoms with Crippen molar-refractivity contribution in [3.05, 3.63) is 10.4 Å². The number of rotatable bonds is 25. The summed E-state index contributed by atoms with van der Waals surface area (Å²) in [5.74, 6) is -0.245. The molecule has 0 aromatic heterocycles. The number of azide groups is 1. The normalized spacial score (nSPS) is 11.9.